The topological polar surface area (TPSA) is 60.7 Å². The zero-order valence-electron chi connectivity index (χ0n) is 16.8. The quantitative estimate of drug-likeness (QED) is 0.564. The van der Waals surface area contributed by atoms with Crippen LogP contribution >= 0.6 is 22.9 Å². The van der Waals surface area contributed by atoms with Crippen LogP contribution in [-0.2, 0) is 9.53 Å². The number of aromatic nitrogens is 1. The number of hydrogen-bond donors (Lipinski definition) is 0. The number of carbonyl (C=O) groups is 1. The lowest BCUT2D eigenvalue weighted by Crippen LogP contribution is -2.39. The summed E-state index contributed by atoms with van der Waals surface area (Å²) in [6.45, 7) is 3.62. The van der Waals surface area contributed by atoms with Crippen LogP contribution < -0.4 is 14.9 Å². The molecule has 0 spiro atoms. The number of ether oxygens (including phenoxy) is 1. The van der Waals surface area contributed by atoms with Gasteiger partial charge in [0.2, 0.25) is 0 Å². The van der Waals surface area contributed by atoms with Crippen molar-refractivity contribution in [3.63, 3.8) is 0 Å². The number of allylic oxidation sites excluding steroid dienone is 1. The Labute approximate surface area is 186 Å². The Morgan fingerprint density at radius 3 is 2.65 bits per heavy atom. The second-order valence-electron chi connectivity index (χ2n) is 6.88. The van der Waals surface area contributed by atoms with Gasteiger partial charge in [0.1, 0.15) is 5.82 Å². The molecule has 0 aliphatic carbocycles. The van der Waals surface area contributed by atoms with Gasteiger partial charge in [0.15, 0.2) is 4.80 Å². The molecule has 0 N–H and O–H groups in total. The smallest absolute Gasteiger partial charge is 0.338 e. The Kier molecular flexibility index (Phi) is 5.89. The number of carbonyl (C=O) groups excluding carboxylic acids is 1. The zero-order valence-corrected chi connectivity index (χ0v) is 18.3. The van der Waals surface area contributed by atoms with Crippen molar-refractivity contribution in [1.82, 2.24) is 4.57 Å². The maximum atomic E-state index is 14.1. The number of thiazole rings is 1. The molecule has 1 aliphatic rings. The highest BCUT2D eigenvalue weighted by Gasteiger charge is 2.33. The van der Waals surface area contributed by atoms with Crippen LogP contribution in [0.3, 0.4) is 0 Å². The van der Waals surface area contributed by atoms with E-state index in [1.165, 1.54) is 16.7 Å². The average molecular weight is 457 g/mol. The first-order valence-electron chi connectivity index (χ1n) is 9.60. The molecule has 2 aromatic carbocycles. The van der Waals surface area contributed by atoms with Gasteiger partial charge in [-0.2, -0.15) is 0 Å². The summed E-state index contributed by atoms with van der Waals surface area (Å²) >= 11 is 7.19. The second-order valence-corrected chi connectivity index (χ2v) is 8.32. The Balaban J connectivity index is 1.97. The van der Waals surface area contributed by atoms with Crippen LogP contribution in [0.15, 0.2) is 69.6 Å². The molecule has 2 heterocycles. The van der Waals surface area contributed by atoms with Crippen molar-refractivity contribution in [2.75, 3.05) is 6.61 Å². The molecule has 8 heteroatoms. The third kappa shape index (κ3) is 3.98. The minimum atomic E-state index is -0.727. The first kappa shape index (κ1) is 21.2. The van der Waals surface area contributed by atoms with E-state index in [9.17, 15) is 14.0 Å². The van der Waals surface area contributed by atoms with Crippen LogP contribution in [0.2, 0.25) is 5.02 Å². The van der Waals surface area contributed by atoms with Crippen LogP contribution in [0.1, 0.15) is 31.0 Å². The number of esters is 1. The summed E-state index contributed by atoms with van der Waals surface area (Å²) in [5.74, 6) is -0.960. The molecule has 0 radical (unpaired) electrons. The Hall–Kier alpha value is -3.03. The molecular formula is C23H18ClFN2O3S. The van der Waals surface area contributed by atoms with E-state index in [1.54, 1.807) is 56.3 Å². The molecule has 1 aromatic heterocycles. The first-order chi connectivity index (χ1) is 14.9. The fourth-order valence-corrected chi connectivity index (χ4v) is 4.65. The van der Waals surface area contributed by atoms with Gasteiger partial charge in [-0.05, 0) is 43.7 Å². The molecule has 31 heavy (non-hydrogen) atoms. The van der Waals surface area contributed by atoms with Gasteiger partial charge in [0, 0.05) is 10.6 Å². The van der Waals surface area contributed by atoms with Crippen LogP contribution in [-0.4, -0.2) is 17.1 Å². The molecule has 0 saturated heterocycles. The molecule has 4 rings (SSSR count). The molecule has 158 valence electrons. The number of nitrogens with zero attached hydrogens (tertiary/aromatic N) is 2. The standard InChI is InChI=1S/C23H18ClFN2O3S/c1-3-30-22(29)19-13(2)26-23-27(20(19)14-8-10-16(24)11-9-14)21(28)18(31-23)12-15-6-4-5-7-17(15)25/h4-12,20H,3H2,1-2H3/b18-12+. The van der Waals surface area contributed by atoms with E-state index in [2.05, 4.69) is 4.99 Å². The number of rotatable bonds is 4. The Bertz CT molecular complexity index is 1370. The normalized spacial score (nSPS) is 16.1. The molecule has 3 aromatic rings. The molecule has 1 unspecified atom stereocenters. The summed E-state index contributed by atoms with van der Waals surface area (Å²) in [6, 6.07) is 12.4. The third-order valence-corrected chi connectivity index (χ3v) is 6.13. The van der Waals surface area contributed by atoms with Gasteiger partial charge in [-0.25, -0.2) is 14.2 Å². The van der Waals surface area contributed by atoms with E-state index in [4.69, 9.17) is 16.3 Å². The molecule has 1 atom stereocenters. The molecule has 0 amide bonds. The lowest BCUT2D eigenvalue weighted by atomic mass is 9.96. The van der Waals surface area contributed by atoms with Crippen molar-refractivity contribution < 1.29 is 13.9 Å². The second kappa shape index (κ2) is 8.61. The predicted molar refractivity (Wildman–Crippen MR) is 118 cm³/mol. The van der Waals surface area contributed by atoms with E-state index in [0.717, 1.165) is 11.3 Å². The third-order valence-electron chi connectivity index (χ3n) is 4.89. The lowest BCUT2D eigenvalue weighted by Gasteiger charge is -2.24. The van der Waals surface area contributed by atoms with Crippen LogP contribution in [0.4, 0.5) is 4.39 Å². The van der Waals surface area contributed by atoms with Gasteiger partial charge in [-0.15, -0.1) is 0 Å². The molecule has 0 fully saturated rings. The fourth-order valence-electron chi connectivity index (χ4n) is 3.49. The fraction of sp³-hybridized carbons (Fsp3) is 0.174. The van der Waals surface area contributed by atoms with Crippen molar-refractivity contribution in [1.29, 1.82) is 0 Å². The summed E-state index contributed by atoms with van der Waals surface area (Å²) in [6.07, 6.45) is 1.50. The zero-order chi connectivity index (χ0) is 22.1. The maximum Gasteiger partial charge on any atom is 0.338 e. The van der Waals surface area contributed by atoms with Gasteiger partial charge < -0.3 is 4.74 Å². The molecule has 0 saturated carbocycles. The summed E-state index contributed by atoms with van der Waals surface area (Å²) in [7, 11) is 0. The van der Waals surface area contributed by atoms with Gasteiger partial charge in [-0.1, -0.05) is 53.3 Å². The largest absolute Gasteiger partial charge is 0.463 e. The van der Waals surface area contributed by atoms with Gasteiger partial charge in [0.25, 0.3) is 5.56 Å². The van der Waals surface area contributed by atoms with Crippen molar-refractivity contribution in [2.24, 2.45) is 4.99 Å². The highest BCUT2D eigenvalue weighted by molar-refractivity contribution is 7.07. The highest BCUT2D eigenvalue weighted by atomic mass is 35.5. The van der Waals surface area contributed by atoms with E-state index in [-0.39, 0.29) is 17.7 Å². The van der Waals surface area contributed by atoms with E-state index >= 15 is 0 Å². The SMILES string of the molecule is CCOC(=O)C1=C(C)N=c2s/c(=C/c3ccccc3F)c(=O)n2C1c1ccc(Cl)cc1. The van der Waals surface area contributed by atoms with Gasteiger partial charge >= 0.3 is 5.97 Å². The summed E-state index contributed by atoms with van der Waals surface area (Å²) in [5, 5.41) is 0.536. The number of fused-ring (bicyclic) bond motifs is 1. The van der Waals surface area contributed by atoms with Crippen molar-refractivity contribution in [3.05, 3.63) is 101 Å². The van der Waals surface area contributed by atoms with Crippen molar-refractivity contribution >= 4 is 35.0 Å². The Morgan fingerprint density at radius 1 is 1.26 bits per heavy atom. The summed E-state index contributed by atoms with van der Waals surface area (Å²) in [4.78, 5) is 31.1. The summed E-state index contributed by atoms with van der Waals surface area (Å²) in [5.41, 5.74) is 1.39. The number of halogens is 2. The van der Waals surface area contributed by atoms with Gasteiger partial charge in [0.05, 0.1) is 28.5 Å². The minimum Gasteiger partial charge on any atom is -0.463 e. The van der Waals surface area contributed by atoms with E-state index in [1.807, 2.05) is 0 Å². The van der Waals surface area contributed by atoms with Crippen LogP contribution in [0.25, 0.3) is 6.08 Å². The number of benzene rings is 2. The van der Waals surface area contributed by atoms with E-state index < -0.39 is 17.8 Å². The molecule has 0 bridgehead atoms. The van der Waals surface area contributed by atoms with Crippen LogP contribution in [0.5, 0.6) is 0 Å². The highest BCUT2D eigenvalue weighted by Crippen LogP contribution is 2.31. The molecule has 5 nitrogen and oxygen atoms in total. The lowest BCUT2D eigenvalue weighted by molar-refractivity contribution is -0.139. The van der Waals surface area contributed by atoms with Crippen molar-refractivity contribution in [2.45, 2.75) is 19.9 Å². The van der Waals surface area contributed by atoms with Crippen molar-refractivity contribution in [3.8, 4) is 0 Å². The van der Waals surface area contributed by atoms with Gasteiger partial charge in [-0.3, -0.25) is 9.36 Å². The monoisotopic (exact) mass is 456 g/mol. The average Bonchev–Trinajstić information content (AvgIpc) is 3.04. The maximum absolute atomic E-state index is 14.1. The molecule has 1 aliphatic heterocycles. The first-order valence-corrected chi connectivity index (χ1v) is 10.8. The van der Waals surface area contributed by atoms with Crippen LogP contribution in [0, 0.1) is 5.82 Å². The summed E-state index contributed by atoms with van der Waals surface area (Å²) < 4.78 is 21.2. The molecular weight excluding hydrogens is 439 g/mol. The Morgan fingerprint density at radius 2 is 1.97 bits per heavy atom. The van der Waals surface area contributed by atoms with E-state index in [0.29, 0.717) is 31.2 Å². The minimum absolute atomic E-state index is 0.195. The number of hydrogen-bond acceptors (Lipinski definition) is 5. The predicted octanol–water partition coefficient (Wildman–Crippen LogP) is 3.59.